The van der Waals surface area contributed by atoms with Gasteiger partial charge in [-0.3, -0.25) is 4.79 Å². The minimum atomic E-state index is -0.692. The Kier molecular flexibility index (Phi) is 3.52. The van der Waals surface area contributed by atoms with E-state index in [1.54, 1.807) is 24.3 Å². The quantitative estimate of drug-likeness (QED) is 0.846. The lowest BCUT2D eigenvalue weighted by Gasteiger charge is -2.09. The van der Waals surface area contributed by atoms with Crippen molar-refractivity contribution in [3.63, 3.8) is 0 Å². The molecule has 0 unspecified atom stereocenters. The summed E-state index contributed by atoms with van der Waals surface area (Å²) in [6.45, 7) is 0. The van der Waals surface area contributed by atoms with E-state index >= 15 is 0 Å². The SMILES string of the molecule is COc1ccccc1NC(=O)c1ccnc(F)c1. The number of amides is 1. The molecule has 1 amide bonds. The van der Waals surface area contributed by atoms with Crippen LogP contribution in [0.5, 0.6) is 5.75 Å². The number of nitrogens with one attached hydrogen (secondary N) is 1. The fraction of sp³-hybridized carbons (Fsp3) is 0.0769. The lowest BCUT2D eigenvalue weighted by molar-refractivity contribution is 0.102. The molecule has 2 aromatic rings. The van der Waals surface area contributed by atoms with Crippen LogP contribution in [0.2, 0.25) is 0 Å². The molecule has 1 aromatic carbocycles. The van der Waals surface area contributed by atoms with Gasteiger partial charge in [0.15, 0.2) is 0 Å². The Bertz CT molecular complexity index is 572. The average molecular weight is 246 g/mol. The molecular formula is C13H11FN2O2. The van der Waals surface area contributed by atoms with Gasteiger partial charge < -0.3 is 10.1 Å². The lowest BCUT2D eigenvalue weighted by atomic mass is 10.2. The highest BCUT2D eigenvalue weighted by atomic mass is 19.1. The van der Waals surface area contributed by atoms with Gasteiger partial charge >= 0.3 is 0 Å². The van der Waals surface area contributed by atoms with Crippen LogP contribution in [0.1, 0.15) is 10.4 Å². The largest absolute Gasteiger partial charge is 0.495 e. The number of hydrogen-bond donors (Lipinski definition) is 1. The summed E-state index contributed by atoms with van der Waals surface area (Å²) < 4.78 is 18.0. The second-order valence-corrected chi connectivity index (χ2v) is 3.52. The van der Waals surface area contributed by atoms with E-state index in [9.17, 15) is 9.18 Å². The maximum Gasteiger partial charge on any atom is 0.255 e. The molecule has 0 fully saturated rings. The number of carbonyl (C=O) groups is 1. The van der Waals surface area contributed by atoms with Crippen LogP contribution in [-0.2, 0) is 0 Å². The molecule has 18 heavy (non-hydrogen) atoms. The molecule has 1 heterocycles. The fourth-order valence-electron chi connectivity index (χ4n) is 1.49. The molecule has 2 rings (SSSR count). The number of para-hydroxylation sites is 2. The summed E-state index contributed by atoms with van der Waals surface area (Å²) in [6.07, 6.45) is 1.24. The summed E-state index contributed by atoms with van der Waals surface area (Å²) in [6, 6.07) is 9.50. The smallest absolute Gasteiger partial charge is 0.255 e. The molecule has 0 bridgehead atoms. The number of pyridine rings is 1. The molecular weight excluding hydrogens is 235 g/mol. The van der Waals surface area contributed by atoms with Gasteiger partial charge in [0, 0.05) is 17.8 Å². The third-order valence-electron chi connectivity index (χ3n) is 2.34. The molecule has 1 N–H and O–H groups in total. The molecule has 0 saturated heterocycles. The number of anilines is 1. The van der Waals surface area contributed by atoms with Gasteiger partial charge in [-0.1, -0.05) is 12.1 Å². The van der Waals surface area contributed by atoms with Crippen molar-refractivity contribution in [1.29, 1.82) is 0 Å². The number of ether oxygens (including phenoxy) is 1. The third kappa shape index (κ3) is 2.63. The predicted octanol–water partition coefficient (Wildman–Crippen LogP) is 2.48. The maximum atomic E-state index is 12.9. The Balaban J connectivity index is 2.21. The number of benzene rings is 1. The zero-order valence-electron chi connectivity index (χ0n) is 9.68. The van der Waals surface area contributed by atoms with E-state index in [-0.39, 0.29) is 5.56 Å². The Hall–Kier alpha value is -2.43. The Morgan fingerprint density at radius 2 is 2.11 bits per heavy atom. The van der Waals surface area contributed by atoms with Crippen molar-refractivity contribution in [2.45, 2.75) is 0 Å². The minimum absolute atomic E-state index is 0.202. The molecule has 5 heteroatoms. The van der Waals surface area contributed by atoms with Crippen LogP contribution in [-0.4, -0.2) is 18.0 Å². The summed E-state index contributed by atoms with van der Waals surface area (Å²) in [5.74, 6) is -0.566. The first-order valence-corrected chi connectivity index (χ1v) is 5.26. The summed E-state index contributed by atoms with van der Waals surface area (Å²) >= 11 is 0. The minimum Gasteiger partial charge on any atom is -0.495 e. The van der Waals surface area contributed by atoms with Crippen molar-refractivity contribution < 1.29 is 13.9 Å². The molecule has 0 saturated carbocycles. The molecule has 0 spiro atoms. The summed E-state index contributed by atoms with van der Waals surface area (Å²) in [4.78, 5) is 15.3. The normalized spacial score (nSPS) is 9.89. The highest BCUT2D eigenvalue weighted by Crippen LogP contribution is 2.23. The number of rotatable bonds is 3. The van der Waals surface area contributed by atoms with E-state index in [1.165, 1.54) is 19.4 Å². The number of carbonyl (C=O) groups excluding carboxylic acids is 1. The Morgan fingerprint density at radius 1 is 1.33 bits per heavy atom. The summed E-state index contributed by atoms with van der Waals surface area (Å²) in [5, 5.41) is 2.65. The van der Waals surface area contributed by atoms with Crippen molar-refractivity contribution >= 4 is 11.6 Å². The first-order chi connectivity index (χ1) is 8.70. The van der Waals surface area contributed by atoms with Gasteiger partial charge in [0.25, 0.3) is 5.91 Å². The molecule has 92 valence electrons. The molecule has 0 atom stereocenters. The number of aromatic nitrogens is 1. The van der Waals surface area contributed by atoms with Gasteiger partial charge in [0.2, 0.25) is 5.95 Å². The number of methoxy groups -OCH3 is 1. The van der Waals surface area contributed by atoms with Crippen molar-refractivity contribution in [1.82, 2.24) is 4.98 Å². The van der Waals surface area contributed by atoms with E-state index < -0.39 is 11.9 Å². The number of nitrogens with zero attached hydrogens (tertiary/aromatic N) is 1. The maximum absolute atomic E-state index is 12.9. The van der Waals surface area contributed by atoms with Crippen molar-refractivity contribution in [3.8, 4) is 5.75 Å². The first-order valence-electron chi connectivity index (χ1n) is 5.26. The van der Waals surface area contributed by atoms with Crippen molar-refractivity contribution in [2.75, 3.05) is 12.4 Å². The molecule has 4 nitrogen and oxygen atoms in total. The number of hydrogen-bond acceptors (Lipinski definition) is 3. The van der Waals surface area contributed by atoms with Gasteiger partial charge in [-0.2, -0.15) is 4.39 Å². The second-order valence-electron chi connectivity index (χ2n) is 3.52. The van der Waals surface area contributed by atoms with Crippen LogP contribution in [0.4, 0.5) is 10.1 Å². The Labute approximate surface area is 103 Å². The van der Waals surface area contributed by atoms with Crippen molar-refractivity contribution in [2.24, 2.45) is 0 Å². The lowest BCUT2D eigenvalue weighted by Crippen LogP contribution is -2.13. The van der Waals surface area contributed by atoms with Gasteiger partial charge in [-0.05, 0) is 18.2 Å². The molecule has 0 aliphatic heterocycles. The highest BCUT2D eigenvalue weighted by Gasteiger charge is 2.09. The standard InChI is InChI=1S/C13H11FN2O2/c1-18-11-5-3-2-4-10(11)16-13(17)9-6-7-15-12(14)8-9/h2-8H,1H3,(H,16,17). The van der Waals surface area contributed by atoms with Gasteiger partial charge in [0.1, 0.15) is 5.75 Å². The molecule has 0 aliphatic rings. The van der Waals surface area contributed by atoms with Crippen LogP contribution in [0.25, 0.3) is 0 Å². The van der Waals surface area contributed by atoms with E-state index in [4.69, 9.17) is 4.74 Å². The molecule has 1 aromatic heterocycles. The highest BCUT2D eigenvalue weighted by molar-refractivity contribution is 6.04. The summed E-state index contributed by atoms with van der Waals surface area (Å²) in [7, 11) is 1.51. The zero-order chi connectivity index (χ0) is 13.0. The Morgan fingerprint density at radius 3 is 2.83 bits per heavy atom. The first kappa shape index (κ1) is 12.0. The molecule has 0 aliphatic carbocycles. The van der Waals surface area contributed by atoms with E-state index in [1.807, 2.05) is 0 Å². The van der Waals surface area contributed by atoms with Gasteiger partial charge in [-0.15, -0.1) is 0 Å². The van der Waals surface area contributed by atoms with E-state index in [2.05, 4.69) is 10.3 Å². The molecule has 0 radical (unpaired) electrons. The van der Waals surface area contributed by atoms with Crippen LogP contribution >= 0.6 is 0 Å². The number of halogens is 1. The topological polar surface area (TPSA) is 51.2 Å². The van der Waals surface area contributed by atoms with E-state index in [0.29, 0.717) is 11.4 Å². The van der Waals surface area contributed by atoms with Crippen LogP contribution in [0.15, 0.2) is 42.6 Å². The average Bonchev–Trinajstić information content (AvgIpc) is 2.39. The third-order valence-corrected chi connectivity index (χ3v) is 2.34. The second kappa shape index (κ2) is 5.27. The van der Waals surface area contributed by atoms with Crippen LogP contribution in [0.3, 0.4) is 0 Å². The fourth-order valence-corrected chi connectivity index (χ4v) is 1.49. The zero-order valence-corrected chi connectivity index (χ0v) is 9.68. The van der Waals surface area contributed by atoms with Crippen molar-refractivity contribution in [3.05, 3.63) is 54.1 Å². The predicted molar refractivity (Wildman–Crippen MR) is 65.1 cm³/mol. The van der Waals surface area contributed by atoms with Crippen LogP contribution < -0.4 is 10.1 Å². The van der Waals surface area contributed by atoms with E-state index in [0.717, 1.165) is 6.07 Å². The van der Waals surface area contributed by atoms with Gasteiger partial charge in [0.05, 0.1) is 12.8 Å². The van der Waals surface area contributed by atoms with Crippen LogP contribution in [0, 0.1) is 5.95 Å². The summed E-state index contributed by atoms with van der Waals surface area (Å²) in [5.41, 5.74) is 0.732. The monoisotopic (exact) mass is 246 g/mol. The van der Waals surface area contributed by atoms with Gasteiger partial charge in [-0.25, -0.2) is 4.98 Å².